The molecule has 0 radical (unpaired) electrons. The molecule has 0 nitrogen and oxygen atoms in total. The number of benzene rings is 6. The molecule has 0 aromatic heterocycles. The van der Waals surface area contributed by atoms with Gasteiger partial charge in [0.25, 0.3) is 0 Å². The molecule has 0 N–H and O–H groups in total. The Hall–Kier alpha value is -3.64. The molecule has 128 valence electrons. The highest BCUT2D eigenvalue weighted by molar-refractivity contribution is 6.33. The summed E-state index contributed by atoms with van der Waals surface area (Å²) in [6.07, 6.45) is 0. The van der Waals surface area contributed by atoms with Crippen molar-refractivity contribution in [3.63, 3.8) is 0 Å². The summed E-state index contributed by atoms with van der Waals surface area (Å²) < 4.78 is 0. The third-order valence-corrected chi connectivity index (χ3v) is 6.35. The zero-order chi connectivity index (χ0) is 18.2. The number of fused-ring (bicyclic) bond motifs is 9. The van der Waals surface area contributed by atoms with Gasteiger partial charge in [0.2, 0.25) is 0 Å². The van der Waals surface area contributed by atoms with Gasteiger partial charge in [0.1, 0.15) is 0 Å². The lowest BCUT2D eigenvalue weighted by Gasteiger charge is -2.13. The van der Waals surface area contributed by atoms with Crippen LogP contribution in [0.25, 0.3) is 65.3 Å². The van der Waals surface area contributed by atoms with Crippen molar-refractivity contribution in [3.05, 3.63) is 97.1 Å². The fourth-order valence-corrected chi connectivity index (χ4v) is 5.17. The minimum Gasteiger partial charge on any atom is -0.0616 e. The highest BCUT2D eigenvalue weighted by Gasteiger charge is 2.24. The van der Waals surface area contributed by atoms with E-state index in [0.29, 0.717) is 0 Å². The van der Waals surface area contributed by atoms with E-state index in [9.17, 15) is 0 Å². The van der Waals surface area contributed by atoms with Gasteiger partial charge in [-0.15, -0.1) is 0 Å². The van der Waals surface area contributed by atoms with Gasteiger partial charge >= 0.3 is 0 Å². The lowest BCUT2D eigenvalue weighted by atomic mass is 9.90. The molecule has 7 rings (SSSR count). The van der Waals surface area contributed by atoms with Crippen LogP contribution < -0.4 is 0 Å². The molecule has 0 unspecified atom stereocenters. The van der Waals surface area contributed by atoms with E-state index in [4.69, 9.17) is 0 Å². The first-order chi connectivity index (χ1) is 13.9. The fraction of sp³-hybridized carbons (Fsp3) is 0. The highest BCUT2D eigenvalue weighted by atomic mass is 14.3. The molecule has 0 heterocycles. The van der Waals surface area contributed by atoms with Crippen LogP contribution >= 0.6 is 0 Å². The molecule has 0 fully saturated rings. The molecule has 6 aromatic rings. The summed E-state index contributed by atoms with van der Waals surface area (Å²) in [4.78, 5) is 0. The molecular formula is C28H16. The minimum absolute atomic E-state index is 1.30. The molecule has 0 atom stereocenters. The Bertz CT molecular complexity index is 1600. The zero-order valence-electron chi connectivity index (χ0n) is 15.2. The molecule has 0 amide bonds. The molecule has 1 aliphatic carbocycles. The van der Waals surface area contributed by atoms with Crippen LogP contribution in [0.15, 0.2) is 97.1 Å². The summed E-state index contributed by atoms with van der Waals surface area (Å²) in [6.45, 7) is 0. The van der Waals surface area contributed by atoms with Crippen molar-refractivity contribution >= 4 is 43.1 Å². The van der Waals surface area contributed by atoms with Crippen molar-refractivity contribution in [1.29, 1.82) is 0 Å². The second-order valence-corrected chi connectivity index (χ2v) is 7.75. The van der Waals surface area contributed by atoms with Crippen molar-refractivity contribution in [2.24, 2.45) is 0 Å². The molecule has 0 spiro atoms. The summed E-state index contributed by atoms with van der Waals surface area (Å²) in [6, 6.07) is 35.8. The third-order valence-electron chi connectivity index (χ3n) is 6.35. The van der Waals surface area contributed by atoms with Crippen LogP contribution in [0, 0.1) is 0 Å². The van der Waals surface area contributed by atoms with E-state index in [2.05, 4.69) is 97.1 Å². The van der Waals surface area contributed by atoms with Crippen molar-refractivity contribution < 1.29 is 0 Å². The maximum absolute atomic E-state index is 2.42. The van der Waals surface area contributed by atoms with E-state index in [-0.39, 0.29) is 0 Å². The smallest absolute Gasteiger partial charge is 0.00134 e. The molecule has 28 heavy (non-hydrogen) atoms. The first-order valence-corrected chi connectivity index (χ1v) is 9.80. The average molecular weight is 352 g/mol. The third kappa shape index (κ3) is 1.66. The fourth-order valence-electron chi connectivity index (χ4n) is 5.17. The van der Waals surface area contributed by atoms with Crippen molar-refractivity contribution in [2.75, 3.05) is 0 Å². The Labute approximate surface area is 162 Å². The average Bonchev–Trinajstić information content (AvgIpc) is 3.08. The topological polar surface area (TPSA) is 0 Å². The van der Waals surface area contributed by atoms with Gasteiger partial charge < -0.3 is 0 Å². The molecule has 0 heteroatoms. The van der Waals surface area contributed by atoms with Gasteiger partial charge in [0.15, 0.2) is 0 Å². The van der Waals surface area contributed by atoms with E-state index in [1.54, 1.807) is 0 Å². The monoisotopic (exact) mass is 352 g/mol. The van der Waals surface area contributed by atoms with E-state index in [0.717, 1.165) is 0 Å². The van der Waals surface area contributed by atoms with Crippen LogP contribution in [-0.4, -0.2) is 0 Å². The van der Waals surface area contributed by atoms with Crippen LogP contribution in [0.4, 0.5) is 0 Å². The first kappa shape index (κ1) is 14.4. The second kappa shape index (κ2) is 4.99. The Kier molecular flexibility index (Phi) is 2.57. The highest BCUT2D eigenvalue weighted by Crippen LogP contribution is 2.52. The molecule has 0 saturated carbocycles. The normalized spacial score (nSPS) is 12.3. The Morgan fingerprint density at radius 2 is 0.964 bits per heavy atom. The molecule has 1 aliphatic rings. The largest absolute Gasteiger partial charge is 0.0616 e. The van der Waals surface area contributed by atoms with Crippen LogP contribution in [0.1, 0.15) is 0 Å². The minimum atomic E-state index is 1.30. The van der Waals surface area contributed by atoms with E-state index in [1.807, 2.05) is 0 Å². The maximum atomic E-state index is 2.42. The lowest BCUT2D eigenvalue weighted by molar-refractivity contribution is 1.70. The van der Waals surface area contributed by atoms with Crippen molar-refractivity contribution in [2.45, 2.75) is 0 Å². The number of rotatable bonds is 0. The van der Waals surface area contributed by atoms with Crippen LogP contribution in [0.5, 0.6) is 0 Å². The Morgan fingerprint density at radius 1 is 0.321 bits per heavy atom. The predicted molar refractivity (Wildman–Crippen MR) is 121 cm³/mol. The summed E-state index contributed by atoms with van der Waals surface area (Å²) in [5.74, 6) is 0. The molecular weight excluding hydrogens is 336 g/mol. The predicted octanol–water partition coefficient (Wildman–Crippen LogP) is 7.95. The van der Waals surface area contributed by atoms with Crippen LogP contribution in [0.2, 0.25) is 0 Å². The second-order valence-electron chi connectivity index (χ2n) is 7.75. The summed E-state index contributed by atoms with van der Waals surface area (Å²) in [5.41, 5.74) is 5.45. The maximum Gasteiger partial charge on any atom is -0.00134 e. The van der Waals surface area contributed by atoms with Crippen LogP contribution in [0.3, 0.4) is 0 Å². The molecule has 0 saturated heterocycles. The zero-order valence-corrected chi connectivity index (χ0v) is 15.2. The van der Waals surface area contributed by atoms with Gasteiger partial charge in [0.05, 0.1) is 0 Å². The van der Waals surface area contributed by atoms with E-state index >= 15 is 0 Å². The van der Waals surface area contributed by atoms with Crippen LogP contribution in [-0.2, 0) is 0 Å². The Balaban J connectivity index is 1.86. The van der Waals surface area contributed by atoms with Gasteiger partial charge in [-0.3, -0.25) is 0 Å². The van der Waals surface area contributed by atoms with Crippen molar-refractivity contribution in [1.82, 2.24) is 0 Å². The van der Waals surface area contributed by atoms with E-state index in [1.165, 1.54) is 65.3 Å². The summed E-state index contributed by atoms with van der Waals surface area (Å²) in [7, 11) is 0. The van der Waals surface area contributed by atoms with Gasteiger partial charge in [-0.1, -0.05) is 84.9 Å². The molecule has 0 bridgehead atoms. The van der Waals surface area contributed by atoms with Gasteiger partial charge in [-0.2, -0.15) is 0 Å². The standard InChI is InChI=1S/C28H16/c1-3-9-19-17(7-1)13-14-23-24(19)16-26-22-12-6-5-11-21(22)25-15-18-8-2-4-10-20(18)27(23)28(25)26/h1-16H. The lowest BCUT2D eigenvalue weighted by Crippen LogP contribution is -1.85. The number of hydrogen-bond donors (Lipinski definition) is 0. The summed E-state index contributed by atoms with van der Waals surface area (Å²) >= 11 is 0. The first-order valence-electron chi connectivity index (χ1n) is 9.80. The molecule has 6 aromatic carbocycles. The van der Waals surface area contributed by atoms with Gasteiger partial charge in [-0.25, -0.2) is 0 Å². The summed E-state index contributed by atoms with van der Waals surface area (Å²) in [5, 5.41) is 10.8. The Morgan fingerprint density at radius 3 is 1.79 bits per heavy atom. The molecule has 0 aliphatic heterocycles. The van der Waals surface area contributed by atoms with Gasteiger partial charge in [-0.05, 0) is 77.5 Å². The quantitative estimate of drug-likeness (QED) is 0.243. The van der Waals surface area contributed by atoms with Gasteiger partial charge in [0, 0.05) is 0 Å². The van der Waals surface area contributed by atoms with Crippen molar-refractivity contribution in [3.8, 4) is 22.3 Å². The SMILES string of the molecule is c1ccc2c(c1)-c1cc3ccccc3c3c1c-2cc1c2ccccc2ccc13. The number of hydrogen-bond acceptors (Lipinski definition) is 0. The van der Waals surface area contributed by atoms with E-state index < -0.39 is 0 Å².